The Morgan fingerprint density at radius 2 is 1.75 bits per heavy atom. The summed E-state index contributed by atoms with van der Waals surface area (Å²) in [4.78, 5) is 25.9. The highest BCUT2D eigenvalue weighted by atomic mass is 16.7. The topological polar surface area (TPSA) is 65.1 Å². The molecule has 0 aromatic carbocycles. The van der Waals surface area contributed by atoms with Crippen LogP contribution in [0.2, 0.25) is 0 Å². The van der Waals surface area contributed by atoms with Crippen molar-refractivity contribution in [3.63, 3.8) is 0 Å². The van der Waals surface area contributed by atoms with E-state index in [4.69, 9.17) is 14.2 Å². The van der Waals surface area contributed by atoms with Crippen molar-refractivity contribution in [2.24, 2.45) is 5.41 Å². The van der Waals surface area contributed by atoms with Crippen LogP contribution in [0.3, 0.4) is 0 Å². The van der Waals surface area contributed by atoms with Crippen LogP contribution in [0.1, 0.15) is 111 Å². The summed E-state index contributed by atoms with van der Waals surface area (Å²) in [6.45, 7) is 10.1. The lowest BCUT2D eigenvalue weighted by Crippen LogP contribution is -2.32. The lowest BCUT2D eigenvalue weighted by molar-refractivity contribution is -0.191. The second kappa shape index (κ2) is 16.5. The molecule has 1 rings (SSSR count). The molecule has 32 heavy (non-hydrogen) atoms. The number of esters is 1. The van der Waals surface area contributed by atoms with Crippen LogP contribution in [-0.2, 0) is 23.8 Å². The molecule has 1 fully saturated rings. The minimum atomic E-state index is -0.441. The Labute approximate surface area is 196 Å². The quantitative estimate of drug-likeness (QED) is 0.203. The Morgan fingerprint density at radius 1 is 1.03 bits per heavy atom. The highest BCUT2D eigenvalue weighted by molar-refractivity contribution is 5.75. The summed E-state index contributed by atoms with van der Waals surface area (Å²) >= 11 is 0. The van der Waals surface area contributed by atoms with Gasteiger partial charge in [-0.15, -0.1) is 0 Å². The number of hydrogen-bond acceptors (Lipinski definition) is 5. The van der Waals surface area contributed by atoms with E-state index in [9.17, 15) is 9.59 Å². The van der Waals surface area contributed by atoms with E-state index in [1.807, 2.05) is 18.7 Å². The van der Waals surface area contributed by atoms with E-state index in [2.05, 4.69) is 6.92 Å². The molecule has 0 saturated carbocycles. The summed E-state index contributed by atoms with van der Waals surface area (Å²) in [5.41, 5.74) is -0.441. The van der Waals surface area contributed by atoms with Gasteiger partial charge in [0.15, 0.2) is 6.29 Å². The fourth-order valence-electron chi connectivity index (χ4n) is 4.30. The number of unbranched alkanes of at least 4 members (excludes halogenated alkanes) is 4. The average Bonchev–Trinajstić information content (AvgIpc) is 2.77. The monoisotopic (exact) mass is 455 g/mol. The number of ether oxygens (including phenoxy) is 3. The molecule has 0 spiro atoms. The normalized spacial score (nSPS) is 17.7. The lowest BCUT2D eigenvalue weighted by Gasteiger charge is -2.29. The van der Waals surface area contributed by atoms with E-state index in [-0.39, 0.29) is 24.3 Å². The molecule has 1 heterocycles. The van der Waals surface area contributed by atoms with Gasteiger partial charge in [-0.2, -0.15) is 0 Å². The lowest BCUT2D eigenvalue weighted by atomic mass is 9.87. The maximum Gasteiger partial charge on any atom is 0.311 e. The first-order valence-electron chi connectivity index (χ1n) is 12.9. The molecule has 0 radical (unpaired) electrons. The Kier molecular flexibility index (Phi) is 14.9. The molecule has 1 aliphatic heterocycles. The van der Waals surface area contributed by atoms with Gasteiger partial charge in [0.1, 0.15) is 0 Å². The largest absolute Gasteiger partial charge is 0.469 e. The molecule has 6 nitrogen and oxygen atoms in total. The zero-order chi connectivity index (χ0) is 23.8. The summed E-state index contributed by atoms with van der Waals surface area (Å²) in [6.07, 6.45) is 13.9. The van der Waals surface area contributed by atoms with Crippen LogP contribution in [0.25, 0.3) is 0 Å². The zero-order valence-electron chi connectivity index (χ0n) is 21.5. The Bertz CT molecular complexity index is 516. The van der Waals surface area contributed by atoms with Crippen molar-refractivity contribution in [3.05, 3.63) is 0 Å². The van der Waals surface area contributed by atoms with Crippen molar-refractivity contribution in [2.75, 3.05) is 26.8 Å². The van der Waals surface area contributed by atoms with Crippen LogP contribution in [-0.4, -0.2) is 56.0 Å². The summed E-state index contributed by atoms with van der Waals surface area (Å²) in [5, 5.41) is 0. The summed E-state index contributed by atoms with van der Waals surface area (Å²) in [6, 6.07) is 0. The molecule has 6 heteroatoms. The minimum Gasteiger partial charge on any atom is -0.469 e. The maximum absolute atomic E-state index is 12.1. The molecule has 0 bridgehead atoms. The summed E-state index contributed by atoms with van der Waals surface area (Å²) in [5.74, 6) is -0.0174. The number of carbonyl (C=O) groups excluding carboxylic acids is 2. The number of amides is 1. The molecule has 2 atom stereocenters. The Hall–Kier alpha value is -1.14. The fraction of sp³-hybridized carbons (Fsp3) is 0.923. The van der Waals surface area contributed by atoms with E-state index >= 15 is 0 Å². The van der Waals surface area contributed by atoms with E-state index in [1.54, 1.807) is 6.92 Å². The van der Waals surface area contributed by atoms with Gasteiger partial charge in [-0.1, -0.05) is 39.0 Å². The van der Waals surface area contributed by atoms with Crippen LogP contribution in [0, 0.1) is 5.41 Å². The van der Waals surface area contributed by atoms with Gasteiger partial charge in [-0.05, 0) is 65.2 Å². The molecular formula is C26H49NO5. The smallest absolute Gasteiger partial charge is 0.311 e. The van der Waals surface area contributed by atoms with Crippen molar-refractivity contribution >= 4 is 11.9 Å². The van der Waals surface area contributed by atoms with E-state index < -0.39 is 5.41 Å². The van der Waals surface area contributed by atoms with Crippen LogP contribution in [0.15, 0.2) is 0 Å². The van der Waals surface area contributed by atoms with Gasteiger partial charge in [-0.3, -0.25) is 9.59 Å². The number of carbonyl (C=O) groups is 2. The van der Waals surface area contributed by atoms with Gasteiger partial charge in [0.25, 0.3) is 0 Å². The van der Waals surface area contributed by atoms with E-state index in [0.29, 0.717) is 0 Å². The molecule has 1 saturated heterocycles. The van der Waals surface area contributed by atoms with Crippen molar-refractivity contribution in [1.82, 2.24) is 4.90 Å². The van der Waals surface area contributed by atoms with Crippen molar-refractivity contribution < 1.29 is 23.8 Å². The van der Waals surface area contributed by atoms with E-state index in [0.717, 1.165) is 77.5 Å². The molecule has 1 amide bonds. The predicted molar refractivity (Wildman–Crippen MR) is 128 cm³/mol. The third-order valence-electron chi connectivity index (χ3n) is 6.48. The highest BCUT2D eigenvalue weighted by Gasteiger charge is 2.27. The van der Waals surface area contributed by atoms with Crippen molar-refractivity contribution in [2.45, 2.75) is 124 Å². The first-order valence-corrected chi connectivity index (χ1v) is 12.9. The van der Waals surface area contributed by atoms with Crippen LogP contribution < -0.4 is 0 Å². The van der Waals surface area contributed by atoms with E-state index in [1.165, 1.54) is 32.8 Å². The molecular weight excluding hydrogens is 406 g/mol. The minimum absolute atomic E-state index is 0.0477. The van der Waals surface area contributed by atoms with Gasteiger partial charge < -0.3 is 19.1 Å². The SMILES string of the molecule is CCCCCC(CCCN(CCCCCC(C)(C)C(=O)OC)C(C)=O)OC1CCCCO1. The van der Waals surface area contributed by atoms with Gasteiger partial charge in [0.05, 0.1) is 18.6 Å². The fourth-order valence-corrected chi connectivity index (χ4v) is 4.30. The van der Waals surface area contributed by atoms with Crippen LogP contribution >= 0.6 is 0 Å². The molecule has 188 valence electrons. The van der Waals surface area contributed by atoms with Gasteiger partial charge >= 0.3 is 5.97 Å². The maximum atomic E-state index is 12.1. The predicted octanol–water partition coefficient (Wildman–Crippen LogP) is 5.87. The van der Waals surface area contributed by atoms with Gasteiger partial charge in [0.2, 0.25) is 5.91 Å². The molecule has 0 aromatic rings. The molecule has 0 aliphatic carbocycles. The zero-order valence-corrected chi connectivity index (χ0v) is 21.5. The van der Waals surface area contributed by atoms with Gasteiger partial charge in [0, 0.05) is 26.6 Å². The number of methoxy groups -OCH3 is 1. The molecule has 0 N–H and O–H groups in total. The second-order valence-electron chi connectivity index (χ2n) is 9.88. The first-order chi connectivity index (χ1) is 15.3. The Morgan fingerprint density at radius 3 is 2.38 bits per heavy atom. The standard InChI is InChI=1S/C26H49NO5/c1-6-7-9-15-23(32-24-17-10-13-21-31-24)16-14-20-27(22(2)28)19-12-8-11-18-26(3,4)25(29)30-5/h23-24H,6-21H2,1-5H3. The summed E-state index contributed by atoms with van der Waals surface area (Å²) in [7, 11) is 1.44. The average molecular weight is 456 g/mol. The van der Waals surface area contributed by atoms with Crippen LogP contribution in [0.4, 0.5) is 0 Å². The van der Waals surface area contributed by atoms with Crippen molar-refractivity contribution in [3.8, 4) is 0 Å². The first kappa shape index (κ1) is 28.9. The number of rotatable bonds is 17. The van der Waals surface area contributed by atoms with Gasteiger partial charge in [-0.25, -0.2) is 0 Å². The van der Waals surface area contributed by atoms with Crippen LogP contribution in [0.5, 0.6) is 0 Å². The summed E-state index contributed by atoms with van der Waals surface area (Å²) < 4.78 is 17.0. The number of nitrogens with zero attached hydrogens (tertiary/aromatic N) is 1. The highest BCUT2D eigenvalue weighted by Crippen LogP contribution is 2.25. The molecule has 2 unspecified atom stereocenters. The molecule has 0 aromatic heterocycles. The second-order valence-corrected chi connectivity index (χ2v) is 9.88. The van der Waals surface area contributed by atoms with Crippen molar-refractivity contribution in [1.29, 1.82) is 0 Å². The Balaban J connectivity index is 2.35. The third-order valence-corrected chi connectivity index (χ3v) is 6.48. The number of hydrogen-bond donors (Lipinski definition) is 0. The third kappa shape index (κ3) is 12.2. The molecule has 1 aliphatic rings.